The van der Waals surface area contributed by atoms with Gasteiger partial charge in [-0.3, -0.25) is 9.59 Å². The van der Waals surface area contributed by atoms with Crippen LogP contribution in [0.15, 0.2) is 18.2 Å². The van der Waals surface area contributed by atoms with Crippen molar-refractivity contribution in [3.63, 3.8) is 0 Å². The zero-order valence-corrected chi connectivity index (χ0v) is 23.6. The van der Waals surface area contributed by atoms with Crippen molar-refractivity contribution in [3.05, 3.63) is 34.9 Å². The van der Waals surface area contributed by atoms with Gasteiger partial charge in [0.25, 0.3) is 0 Å². The van der Waals surface area contributed by atoms with Crippen LogP contribution in [0.25, 0.3) is 0 Å². The molecule has 1 rings (SSSR count). The third kappa shape index (κ3) is 9.19. The Balaban J connectivity index is 3.49. The first kappa shape index (κ1) is 30.5. The minimum atomic E-state index is -0.845. The average molecular weight is 490 g/mol. The lowest BCUT2D eigenvalue weighted by Gasteiger charge is -2.38. The number of ether oxygens (including phenoxy) is 1. The molecule has 3 unspecified atom stereocenters. The van der Waals surface area contributed by atoms with Crippen molar-refractivity contribution in [1.82, 2.24) is 15.5 Å². The Morgan fingerprint density at radius 2 is 1.57 bits per heavy atom. The van der Waals surface area contributed by atoms with Crippen LogP contribution in [0, 0.1) is 19.8 Å². The number of nitrogens with zero attached hydrogens (tertiary/aromatic N) is 1. The van der Waals surface area contributed by atoms with Crippen molar-refractivity contribution >= 4 is 17.9 Å². The first-order valence-corrected chi connectivity index (χ1v) is 12.8. The Morgan fingerprint density at radius 3 is 2.03 bits per heavy atom. The molecule has 0 aliphatic heterocycles. The van der Waals surface area contributed by atoms with Crippen LogP contribution in [0.1, 0.15) is 97.9 Å². The molecule has 0 saturated carbocycles. The van der Waals surface area contributed by atoms with Crippen LogP contribution in [0.3, 0.4) is 0 Å². The normalized spacial score (nSPS) is 14.3. The number of hydrogen-bond acceptors (Lipinski definition) is 4. The fraction of sp³-hybridized carbons (Fsp3) is 0.679. The van der Waals surface area contributed by atoms with Crippen molar-refractivity contribution in [2.24, 2.45) is 5.92 Å². The summed E-state index contributed by atoms with van der Waals surface area (Å²) in [6.45, 7) is 20.9. The molecule has 0 saturated heterocycles. The minimum absolute atomic E-state index is 0.0218. The van der Waals surface area contributed by atoms with Crippen LogP contribution in [-0.2, 0) is 14.3 Å². The van der Waals surface area contributed by atoms with Crippen molar-refractivity contribution < 1.29 is 19.1 Å². The smallest absolute Gasteiger partial charge is 0.408 e. The number of carbonyl (C=O) groups is 3. The molecule has 0 aliphatic rings. The van der Waals surface area contributed by atoms with Gasteiger partial charge in [0.15, 0.2) is 0 Å². The fourth-order valence-corrected chi connectivity index (χ4v) is 3.99. The molecule has 198 valence electrons. The summed E-state index contributed by atoms with van der Waals surface area (Å²) in [4.78, 5) is 41.8. The summed E-state index contributed by atoms with van der Waals surface area (Å²) in [5, 5.41) is 5.85. The number of benzene rings is 1. The molecule has 7 heteroatoms. The standard InChI is InChI=1S/C28H47N3O4/c1-12-13-21(8)29-25(32)24(22-15-14-19(6)20(7)16-22)31(18(4)5)26(33)23(17(2)3)30-27(34)35-28(9,10)11/h14-18,21,23-24H,12-13H2,1-11H3,(H,29,32)(H,30,34). The largest absolute Gasteiger partial charge is 0.444 e. The van der Waals surface area contributed by atoms with Crippen LogP contribution in [0.2, 0.25) is 0 Å². The van der Waals surface area contributed by atoms with E-state index in [1.165, 1.54) is 0 Å². The predicted molar refractivity (Wildman–Crippen MR) is 141 cm³/mol. The van der Waals surface area contributed by atoms with E-state index in [0.29, 0.717) is 0 Å². The molecule has 3 atom stereocenters. The minimum Gasteiger partial charge on any atom is -0.444 e. The van der Waals surface area contributed by atoms with Crippen LogP contribution < -0.4 is 10.6 Å². The highest BCUT2D eigenvalue weighted by atomic mass is 16.6. The number of aryl methyl sites for hydroxylation is 2. The van der Waals surface area contributed by atoms with Gasteiger partial charge in [0.2, 0.25) is 11.8 Å². The molecule has 35 heavy (non-hydrogen) atoms. The van der Waals surface area contributed by atoms with E-state index >= 15 is 0 Å². The van der Waals surface area contributed by atoms with E-state index in [1.54, 1.807) is 25.7 Å². The first-order valence-electron chi connectivity index (χ1n) is 12.8. The van der Waals surface area contributed by atoms with Gasteiger partial charge in [0, 0.05) is 12.1 Å². The van der Waals surface area contributed by atoms with Gasteiger partial charge in [0.05, 0.1) is 0 Å². The molecule has 0 radical (unpaired) electrons. The van der Waals surface area contributed by atoms with E-state index in [1.807, 2.05) is 66.7 Å². The molecule has 0 spiro atoms. The first-order chi connectivity index (χ1) is 16.1. The second-order valence-electron chi connectivity index (χ2n) is 11.2. The van der Waals surface area contributed by atoms with Gasteiger partial charge in [-0.1, -0.05) is 45.4 Å². The van der Waals surface area contributed by atoms with Gasteiger partial charge in [-0.25, -0.2) is 4.79 Å². The number of hydrogen-bond donors (Lipinski definition) is 2. The fourth-order valence-electron chi connectivity index (χ4n) is 3.99. The maximum absolute atomic E-state index is 14.0. The Kier molecular flexibility index (Phi) is 11.3. The van der Waals surface area contributed by atoms with E-state index in [9.17, 15) is 14.4 Å². The number of carbonyl (C=O) groups excluding carboxylic acids is 3. The van der Waals surface area contributed by atoms with E-state index in [2.05, 4.69) is 17.6 Å². The Hall–Kier alpha value is -2.57. The van der Waals surface area contributed by atoms with Gasteiger partial charge in [-0.15, -0.1) is 0 Å². The van der Waals surface area contributed by atoms with Gasteiger partial charge in [0.1, 0.15) is 17.7 Å². The highest BCUT2D eigenvalue weighted by Crippen LogP contribution is 2.28. The lowest BCUT2D eigenvalue weighted by molar-refractivity contribution is -0.145. The van der Waals surface area contributed by atoms with E-state index in [4.69, 9.17) is 4.74 Å². The molecule has 0 aliphatic carbocycles. The summed E-state index contributed by atoms with van der Waals surface area (Å²) in [7, 11) is 0. The number of nitrogens with one attached hydrogen (secondary N) is 2. The molecule has 0 fully saturated rings. The van der Waals surface area contributed by atoms with Crippen LogP contribution >= 0.6 is 0 Å². The molecule has 0 aromatic heterocycles. The highest BCUT2D eigenvalue weighted by molar-refractivity contribution is 5.92. The number of alkyl carbamates (subject to hydrolysis) is 1. The predicted octanol–water partition coefficient (Wildman–Crippen LogP) is 5.44. The molecular weight excluding hydrogens is 442 g/mol. The summed E-state index contributed by atoms with van der Waals surface area (Å²) in [6.07, 6.45) is 1.13. The molecule has 0 heterocycles. The average Bonchev–Trinajstić information content (AvgIpc) is 2.70. The lowest BCUT2D eigenvalue weighted by Crippen LogP contribution is -2.57. The van der Waals surface area contributed by atoms with Crippen LogP contribution in [0.4, 0.5) is 4.79 Å². The lowest BCUT2D eigenvalue weighted by atomic mass is 9.95. The zero-order valence-electron chi connectivity index (χ0n) is 23.6. The van der Waals surface area contributed by atoms with Crippen LogP contribution in [-0.4, -0.2) is 46.5 Å². The topological polar surface area (TPSA) is 87.7 Å². The third-order valence-corrected chi connectivity index (χ3v) is 5.90. The molecule has 7 nitrogen and oxygen atoms in total. The monoisotopic (exact) mass is 489 g/mol. The summed E-state index contributed by atoms with van der Waals surface area (Å²) in [5.41, 5.74) is 2.21. The molecule has 1 aromatic rings. The maximum atomic E-state index is 14.0. The highest BCUT2D eigenvalue weighted by Gasteiger charge is 2.39. The SMILES string of the molecule is CCCC(C)NC(=O)C(c1ccc(C)c(C)c1)N(C(=O)C(NC(=O)OC(C)(C)C)C(C)C)C(C)C. The zero-order chi connectivity index (χ0) is 27.1. The van der Waals surface area contributed by atoms with Gasteiger partial charge >= 0.3 is 6.09 Å². The second kappa shape index (κ2) is 12.9. The van der Waals surface area contributed by atoms with Gasteiger partial charge < -0.3 is 20.3 Å². The van der Waals surface area contributed by atoms with Crippen LogP contribution in [0.5, 0.6) is 0 Å². The van der Waals surface area contributed by atoms with Crippen molar-refractivity contribution in [2.75, 3.05) is 0 Å². The quantitative estimate of drug-likeness (QED) is 0.458. The number of amides is 3. The van der Waals surface area contributed by atoms with E-state index in [-0.39, 0.29) is 29.8 Å². The van der Waals surface area contributed by atoms with Gasteiger partial charge in [-0.2, -0.15) is 0 Å². The summed E-state index contributed by atoms with van der Waals surface area (Å²) in [6, 6.07) is 3.87. The second-order valence-corrected chi connectivity index (χ2v) is 11.2. The molecular formula is C28H47N3O4. The Bertz CT molecular complexity index is 873. The van der Waals surface area contributed by atoms with Crippen molar-refractivity contribution in [2.45, 2.75) is 119 Å². The third-order valence-electron chi connectivity index (χ3n) is 5.90. The van der Waals surface area contributed by atoms with Crippen molar-refractivity contribution in [3.8, 4) is 0 Å². The molecule has 3 amide bonds. The summed E-state index contributed by atoms with van der Waals surface area (Å²) < 4.78 is 5.41. The Morgan fingerprint density at radius 1 is 0.971 bits per heavy atom. The summed E-state index contributed by atoms with van der Waals surface area (Å²) >= 11 is 0. The van der Waals surface area contributed by atoms with Crippen molar-refractivity contribution in [1.29, 1.82) is 0 Å². The number of rotatable bonds is 10. The Labute approximate surface area is 212 Å². The van der Waals surface area contributed by atoms with E-state index < -0.39 is 23.8 Å². The molecule has 1 aromatic carbocycles. The van der Waals surface area contributed by atoms with Gasteiger partial charge in [-0.05, 0) is 84.4 Å². The summed E-state index contributed by atoms with van der Waals surface area (Å²) in [5.74, 6) is -0.753. The van der Waals surface area contributed by atoms with E-state index in [0.717, 1.165) is 29.5 Å². The molecule has 2 N–H and O–H groups in total. The molecule has 0 bridgehead atoms. The maximum Gasteiger partial charge on any atom is 0.408 e.